The van der Waals surface area contributed by atoms with Crippen LogP contribution in [0.3, 0.4) is 0 Å². The van der Waals surface area contributed by atoms with Gasteiger partial charge in [-0.1, -0.05) is 31.0 Å². The van der Waals surface area contributed by atoms with Crippen LogP contribution in [0.5, 0.6) is 0 Å². The number of hydrogen-bond acceptors (Lipinski definition) is 2. The van der Waals surface area contributed by atoms with Crippen LogP contribution in [0.4, 0.5) is 5.69 Å². The van der Waals surface area contributed by atoms with Crippen molar-refractivity contribution in [1.82, 2.24) is 0 Å². The molecule has 1 aliphatic heterocycles. The van der Waals surface area contributed by atoms with E-state index in [0.717, 1.165) is 19.0 Å². The Bertz CT molecular complexity index is 425. The lowest BCUT2D eigenvalue weighted by molar-refractivity contribution is 0.370. The Morgan fingerprint density at radius 1 is 1.33 bits per heavy atom. The molecule has 1 heterocycles. The molecule has 2 N–H and O–H groups in total. The van der Waals surface area contributed by atoms with Crippen LogP contribution in [-0.2, 0) is 6.42 Å². The van der Waals surface area contributed by atoms with E-state index in [1.807, 2.05) is 0 Å². The van der Waals surface area contributed by atoms with E-state index < -0.39 is 0 Å². The molecule has 1 fully saturated rings. The minimum absolute atomic E-state index is 0.150. The number of para-hydroxylation sites is 1. The van der Waals surface area contributed by atoms with Gasteiger partial charge in [0.25, 0.3) is 0 Å². The highest BCUT2D eigenvalue weighted by atomic mass is 15.2. The Balaban J connectivity index is 1.90. The van der Waals surface area contributed by atoms with Crippen molar-refractivity contribution in [2.24, 2.45) is 11.7 Å². The highest BCUT2D eigenvalue weighted by molar-refractivity contribution is 5.57. The Labute approximate surface area is 110 Å². The zero-order chi connectivity index (χ0) is 12.6. The first kappa shape index (κ1) is 12.0. The molecule has 1 aliphatic carbocycles. The Kier molecular flexibility index (Phi) is 3.06. The number of benzene rings is 1. The van der Waals surface area contributed by atoms with Crippen molar-refractivity contribution in [3.8, 4) is 0 Å². The fourth-order valence-corrected chi connectivity index (χ4v) is 3.34. The molecule has 2 heteroatoms. The van der Waals surface area contributed by atoms with E-state index >= 15 is 0 Å². The van der Waals surface area contributed by atoms with Crippen molar-refractivity contribution >= 4 is 5.69 Å². The molecule has 98 valence electrons. The molecule has 1 saturated carbocycles. The average molecular weight is 244 g/mol. The standard InChI is InChI=1S/C16H24N2/c1-16(12-17,11-13-8-9-13)18-10-4-6-14-5-2-3-7-15(14)18/h2-3,5,7,13H,4,6,8-12,17H2,1H3. The van der Waals surface area contributed by atoms with E-state index in [1.165, 1.54) is 43.4 Å². The van der Waals surface area contributed by atoms with Crippen molar-refractivity contribution in [3.63, 3.8) is 0 Å². The number of nitrogens with two attached hydrogens (primary N) is 1. The van der Waals surface area contributed by atoms with Gasteiger partial charge < -0.3 is 10.6 Å². The van der Waals surface area contributed by atoms with Crippen LogP contribution in [0.15, 0.2) is 24.3 Å². The predicted octanol–water partition coefficient (Wildman–Crippen LogP) is 2.96. The van der Waals surface area contributed by atoms with Gasteiger partial charge in [-0.25, -0.2) is 0 Å². The highest BCUT2D eigenvalue weighted by Gasteiger charge is 2.38. The Hall–Kier alpha value is -1.02. The molecule has 3 rings (SSSR count). The van der Waals surface area contributed by atoms with Crippen LogP contribution in [-0.4, -0.2) is 18.6 Å². The molecule has 1 unspecified atom stereocenters. The summed E-state index contributed by atoms with van der Waals surface area (Å²) in [7, 11) is 0. The summed E-state index contributed by atoms with van der Waals surface area (Å²) in [6, 6.07) is 8.86. The minimum Gasteiger partial charge on any atom is -0.365 e. The summed E-state index contributed by atoms with van der Waals surface area (Å²) in [6.07, 6.45) is 6.56. The largest absolute Gasteiger partial charge is 0.365 e. The first-order valence-corrected chi connectivity index (χ1v) is 7.28. The third-order valence-electron chi connectivity index (χ3n) is 4.63. The van der Waals surface area contributed by atoms with Crippen molar-refractivity contribution in [3.05, 3.63) is 29.8 Å². The van der Waals surface area contributed by atoms with Gasteiger partial charge in [0.05, 0.1) is 0 Å². The lowest BCUT2D eigenvalue weighted by Gasteiger charge is -2.45. The number of anilines is 1. The SMILES string of the molecule is CC(CN)(CC1CC1)N1CCCc2ccccc21. The minimum atomic E-state index is 0.150. The van der Waals surface area contributed by atoms with Gasteiger partial charge in [0.2, 0.25) is 0 Å². The van der Waals surface area contributed by atoms with E-state index in [0.29, 0.717) is 0 Å². The number of rotatable bonds is 4. The number of nitrogens with zero attached hydrogens (tertiary/aromatic N) is 1. The average Bonchev–Trinajstić information content (AvgIpc) is 3.21. The molecule has 2 nitrogen and oxygen atoms in total. The van der Waals surface area contributed by atoms with E-state index in [9.17, 15) is 0 Å². The molecule has 0 radical (unpaired) electrons. The monoisotopic (exact) mass is 244 g/mol. The molecule has 1 atom stereocenters. The van der Waals surface area contributed by atoms with Crippen molar-refractivity contribution in [1.29, 1.82) is 0 Å². The molecule has 0 bridgehead atoms. The van der Waals surface area contributed by atoms with Gasteiger partial charge in [-0.15, -0.1) is 0 Å². The quantitative estimate of drug-likeness (QED) is 0.882. The molecule has 0 saturated heterocycles. The highest BCUT2D eigenvalue weighted by Crippen LogP contribution is 2.41. The topological polar surface area (TPSA) is 29.3 Å². The smallest absolute Gasteiger partial charge is 0.0498 e. The zero-order valence-electron chi connectivity index (χ0n) is 11.4. The third-order valence-corrected chi connectivity index (χ3v) is 4.63. The second kappa shape index (κ2) is 4.58. The summed E-state index contributed by atoms with van der Waals surface area (Å²) < 4.78 is 0. The van der Waals surface area contributed by atoms with Crippen LogP contribution in [0.25, 0.3) is 0 Å². The molecule has 1 aromatic carbocycles. The van der Waals surface area contributed by atoms with Gasteiger partial charge in [0.1, 0.15) is 0 Å². The molecular weight excluding hydrogens is 220 g/mol. The summed E-state index contributed by atoms with van der Waals surface area (Å²) in [5.41, 5.74) is 9.21. The molecular formula is C16H24N2. The maximum Gasteiger partial charge on any atom is 0.0498 e. The number of hydrogen-bond donors (Lipinski definition) is 1. The molecule has 0 aromatic heterocycles. The van der Waals surface area contributed by atoms with E-state index in [-0.39, 0.29) is 5.54 Å². The lowest BCUT2D eigenvalue weighted by atomic mass is 9.88. The van der Waals surface area contributed by atoms with Crippen LogP contribution in [0.1, 0.15) is 38.2 Å². The maximum atomic E-state index is 6.13. The Morgan fingerprint density at radius 3 is 2.83 bits per heavy atom. The van der Waals surface area contributed by atoms with Gasteiger partial charge in [-0.2, -0.15) is 0 Å². The van der Waals surface area contributed by atoms with Gasteiger partial charge in [0.15, 0.2) is 0 Å². The summed E-state index contributed by atoms with van der Waals surface area (Å²) in [5.74, 6) is 0.924. The Morgan fingerprint density at radius 2 is 2.11 bits per heavy atom. The molecule has 2 aliphatic rings. The van der Waals surface area contributed by atoms with Crippen molar-refractivity contribution in [2.75, 3.05) is 18.0 Å². The molecule has 18 heavy (non-hydrogen) atoms. The first-order valence-electron chi connectivity index (χ1n) is 7.28. The maximum absolute atomic E-state index is 6.13. The summed E-state index contributed by atoms with van der Waals surface area (Å²) in [5, 5.41) is 0. The van der Waals surface area contributed by atoms with Crippen LogP contribution < -0.4 is 10.6 Å². The van der Waals surface area contributed by atoms with Gasteiger partial charge in [0, 0.05) is 24.3 Å². The van der Waals surface area contributed by atoms with Gasteiger partial charge in [-0.05, 0) is 43.7 Å². The first-order chi connectivity index (χ1) is 8.73. The molecule has 1 aromatic rings. The fourth-order valence-electron chi connectivity index (χ4n) is 3.34. The second-order valence-corrected chi connectivity index (χ2v) is 6.23. The molecule has 0 amide bonds. The van der Waals surface area contributed by atoms with E-state index in [4.69, 9.17) is 5.73 Å². The summed E-state index contributed by atoms with van der Waals surface area (Å²) >= 11 is 0. The summed E-state index contributed by atoms with van der Waals surface area (Å²) in [6.45, 7) is 4.28. The van der Waals surface area contributed by atoms with Crippen LogP contribution >= 0.6 is 0 Å². The van der Waals surface area contributed by atoms with Gasteiger partial charge >= 0.3 is 0 Å². The fraction of sp³-hybridized carbons (Fsp3) is 0.625. The van der Waals surface area contributed by atoms with Crippen LogP contribution in [0.2, 0.25) is 0 Å². The summed E-state index contributed by atoms with van der Waals surface area (Å²) in [4.78, 5) is 2.59. The van der Waals surface area contributed by atoms with E-state index in [1.54, 1.807) is 0 Å². The number of fused-ring (bicyclic) bond motifs is 1. The second-order valence-electron chi connectivity index (χ2n) is 6.23. The predicted molar refractivity (Wildman–Crippen MR) is 76.9 cm³/mol. The lowest BCUT2D eigenvalue weighted by Crippen LogP contribution is -2.54. The molecule has 0 spiro atoms. The zero-order valence-corrected chi connectivity index (χ0v) is 11.4. The normalized spacial score (nSPS) is 22.4. The van der Waals surface area contributed by atoms with E-state index in [2.05, 4.69) is 36.1 Å². The van der Waals surface area contributed by atoms with Crippen molar-refractivity contribution in [2.45, 2.75) is 44.6 Å². The third kappa shape index (κ3) is 2.14. The van der Waals surface area contributed by atoms with Crippen molar-refractivity contribution < 1.29 is 0 Å². The van der Waals surface area contributed by atoms with Crippen LogP contribution in [0, 0.1) is 5.92 Å². The number of aryl methyl sites for hydroxylation is 1. The van der Waals surface area contributed by atoms with Gasteiger partial charge in [-0.3, -0.25) is 0 Å².